The first-order chi connectivity index (χ1) is 11.7. The molecule has 1 amide bonds. The van der Waals surface area contributed by atoms with E-state index in [1.54, 1.807) is 31.4 Å². The molecule has 0 saturated carbocycles. The number of hydrogen-bond acceptors (Lipinski definition) is 6. The van der Waals surface area contributed by atoms with Crippen molar-refractivity contribution in [2.75, 3.05) is 26.1 Å². The molecule has 3 N–H and O–H groups in total. The first kappa shape index (κ1) is 17.1. The number of aromatic hydroxyl groups is 1. The zero-order valence-corrected chi connectivity index (χ0v) is 13.4. The molecule has 2 rings (SSSR count). The lowest BCUT2D eigenvalue weighted by Gasteiger charge is -2.09. The molecule has 0 atom stereocenters. The van der Waals surface area contributed by atoms with Gasteiger partial charge in [0.15, 0.2) is 11.5 Å². The maximum Gasteiger partial charge on any atom is 0.259 e. The molecule has 0 spiro atoms. The highest BCUT2D eigenvalue weighted by Crippen LogP contribution is 2.27. The van der Waals surface area contributed by atoms with Gasteiger partial charge in [0.2, 0.25) is 0 Å². The van der Waals surface area contributed by atoms with Crippen LogP contribution in [0.15, 0.2) is 47.6 Å². The molecule has 7 nitrogen and oxygen atoms in total. The average molecular weight is 329 g/mol. The minimum atomic E-state index is -0.334. The summed E-state index contributed by atoms with van der Waals surface area (Å²) in [5.41, 5.74) is 3.53. The smallest absolute Gasteiger partial charge is 0.259 e. The fourth-order valence-corrected chi connectivity index (χ4v) is 1.99. The lowest BCUT2D eigenvalue weighted by molar-refractivity contribution is -0.119. The number of hydrogen-bond donors (Lipinski definition) is 3. The van der Waals surface area contributed by atoms with E-state index in [9.17, 15) is 9.90 Å². The lowest BCUT2D eigenvalue weighted by atomic mass is 10.2. The number of nitrogens with one attached hydrogen (secondary N) is 2. The van der Waals surface area contributed by atoms with Crippen molar-refractivity contribution in [3.05, 3.63) is 48.0 Å². The van der Waals surface area contributed by atoms with Crippen LogP contribution in [0.25, 0.3) is 0 Å². The Morgan fingerprint density at radius 2 is 1.83 bits per heavy atom. The molecular weight excluding hydrogens is 310 g/mol. The number of hydrazone groups is 1. The van der Waals surface area contributed by atoms with Gasteiger partial charge in [-0.3, -0.25) is 4.79 Å². The Bertz CT molecular complexity index is 732. The maximum absolute atomic E-state index is 11.8. The van der Waals surface area contributed by atoms with Gasteiger partial charge in [0.1, 0.15) is 5.75 Å². The van der Waals surface area contributed by atoms with Gasteiger partial charge in [-0.15, -0.1) is 0 Å². The van der Waals surface area contributed by atoms with Gasteiger partial charge in [-0.1, -0.05) is 18.2 Å². The number of rotatable bonds is 7. The Morgan fingerprint density at radius 1 is 1.12 bits per heavy atom. The second kappa shape index (κ2) is 8.42. The fraction of sp³-hybridized carbons (Fsp3) is 0.176. The van der Waals surface area contributed by atoms with Gasteiger partial charge in [-0.25, -0.2) is 5.43 Å². The van der Waals surface area contributed by atoms with E-state index in [1.807, 2.05) is 18.2 Å². The average Bonchev–Trinajstić information content (AvgIpc) is 2.61. The van der Waals surface area contributed by atoms with Crippen LogP contribution in [0.5, 0.6) is 17.2 Å². The first-order valence-electron chi connectivity index (χ1n) is 7.20. The van der Waals surface area contributed by atoms with Crippen molar-refractivity contribution >= 4 is 17.8 Å². The van der Waals surface area contributed by atoms with E-state index in [1.165, 1.54) is 13.3 Å². The van der Waals surface area contributed by atoms with Crippen molar-refractivity contribution in [1.82, 2.24) is 5.43 Å². The Morgan fingerprint density at radius 3 is 2.58 bits per heavy atom. The summed E-state index contributed by atoms with van der Waals surface area (Å²) >= 11 is 0. The van der Waals surface area contributed by atoms with Crippen LogP contribution < -0.4 is 20.2 Å². The van der Waals surface area contributed by atoms with Crippen LogP contribution in [0.2, 0.25) is 0 Å². The number of carbonyl (C=O) groups excluding carboxylic acids is 1. The molecule has 0 aliphatic rings. The van der Waals surface area contributed by atoms with Gasteiger partial charge < -0.3 is 19.9 Å². The molecule has 0 radical (unpaired) electrons. The molecule has 0 fully saturated rings. The SMILES string of the molecule is COc1ccccc1NCC(=O)N/N=C/c1cccc(OC)c1O. The number of anilines is 1. The molecule has 0 aliphatic carbocycles. The van der Waals surface area contributed by atoms with Gasteiger partial charge in [-0.2, -0.15) is 5.10 Å². The third-order valence-corrected chi connectivity index (χ3v) is 3.19. The predicted octanol–water partition coefficient (Wildman–Crippen LogP) is 1.97. The number of amides is 1. The van der Waals surface area contributed by atoms with Crippen molar-refractivity contribution in [3.8, 4) is 17.2 Å². The fourth-order valence-electron chi connectivity index (χ4n) is 1.99. The van der Waals surface area contributed by atoms with Crippen molar-refractivity contribution in [3.63, 3.8) is 0 Å². The molecule has 2 aromatic carbocycles. The van der Waals surface area contributed by atoms with Crippen molar-refractivity contribution < 1.29 is 19.4 Å². The number of carbonyl (C=O) groups is 1. The molecule has 126 valence electrons. The predicted molar refractivity (Wildman–Crippen MR) is 91.9 cm³/mol. The Balaban J connectivity index is 1.89. The van der Waals surface area contributed by atoms with Crippen LogP contribution in [0.4, 0.5) is 5.69 Å². The number of ether oxygens (including phenoxy) is 2. The summed E-state index contributed by atoms with van der Waals surface area (Å²) in [4.78, 5) is 11.8. The van der Waals surface area contributed by atoms with E-state index >= 15 is 0 Å². The Labute approximate surface area is 139 Å². The van der Waals surface area contributed by atoms with E-state index in [4.69, 9.17) is 9.47 Å². The van der Waals surface area contributed by atoms with E-state index < -0.39 is 0 Å². The summed E-state index contributed by atoms with van der Waals surface area (Å²) < 4.78 is 10.2. The van der Waals surface area contributed by atoms with E-state index in [0.717, 1.165) is 0 Å². The van der Waals surface area contributed by atoms with Gasteiger partial charge >= 0.3 is 0 Å². The lowest BCUT2D eigenvalue weighted by Crippen LogP contribution is -2.26. The normalized spacial score (nSPS) is 10.4. The summed E-state index contributed by atoms with van der Waals surface area (Å²) in [5, 5.41) is 16.7. The van der Waals surface area contributed by atoms with Gasteiger partial charge in [-0.05, 0) is 24.3 Å². The van der Waals surface area contributed by atoms with Crippen LogP contribution in [0.1, 0.15) is 5.56 Å². The molecule has 0 aromatic heterocycles. The third-order valence-electron chi connectivity index (χ3n) is 3.19. The molecule has 24 heavy (non-hydrogen) atoms. The van der Waals surface area contributed by atoms with E-state index in [-0.39, 0.29) is 18.2 Å². The number of methoxy groups -OCH3 is 2. The van der Waals surface area contributed by atoms with E-state index in [2.05, 4.69) is 15.8 Å². The molecule has 0 heterocycles. The van der Waals surface area contributed by atoms with Crippen molar-refractivity contribution in [1.29, 1.82) is 0 Å². The van der Waals surface area contributed by atoms with Crippen molar-refractivity contribution in [2.45, 2.75) is 0 Å². The molecule has 0 unspecified atom stereocenters. The minimum absolute atomic E-state index is 0.0296. The quantitative estimate of drug-likeness (QED) is 0.533. The molecule has 0 saturated heterocycles. The summed E-state index contributed by atoms with van der Waals surface area (Å²) in [7, 11) is 3.02. The summed E-state index contributed by atoms with van der Waals surface area (Å²) in [6.07, 6.45) is 1.35. The highest BCUT2D eigenvalue weighted by atomic mass is 16.5. The largest absolute Gasteiger partial charge is 0.504 e. The second-order valence-corrected chi connectivity index (χ2v) is 4.75. The number of para-hydroxylation sites is 3. The van der Waals surface area contributed by atoms with Crippen LogP contribution in [-0.4, -0.2) is 38.0 Å². The topological polar surface area (TPSA) is 92.2 Å². The third kappa shape index (κ3) is 4.39. The van der Waals surface area contributed by atoms with Crippen LogP contribution in [0.3, 0.4) is 0 Å². The van der Waals surface area contributed by atoms with Gasteiger partial charge in [0.25, 0.3) is 5.91 Å². The highest BCUT2D eigenvalue weighted by molar-refractivity contribution is 5.87. The molecule has 7 heteroatoms. The standard InChI is InChI=1S/C17H19N3O4/c1-23-14-8-4-3-7-13(14)18-11-16(21)20-19-10-12-6-5-9-15(24-2)17(12)22/h3-10,18,22H,11H2,1-2H3,(H,20,21)/b19-10+. The monoisotopic (exact) mass is 329 g/mol. The highest BCUT2D eigenvalue weighted by Gasteiger charge is 2.06. The van der Waals surface area contributed by atoms with Crippen LogP contribution in [0, 0.1) is 0 Å². The Kier molecular flexibility index (Phi) is 6.01. The zero-order valence-electron chi connectivity index (χ0n) is 13.4. The summed E-state index contributed by atoms with van der Waals surface area (Å²) in [5.74, 6) is 0.614. The van der Waals surface area contributed by atoms with E-state index in [0.29, 0.717) is 22.7 Å². The molecule has 0 aliphatic heterocycles. The minimum Gasteiger partial charge on any atom is -0.504 e. The number of nitrogens with zero attached hydrogens (tertiary/aromatic N) is 1. The molecule has 2 aromatic rings. The van der Waals surface area contributed by atoms with Crippen LogP contribution in [-0.2, 0) is 4.79 Å². The van der Waals surface area contributed by atoms with Gasteiger partial charge in [0, 0.05) is 5.56 Å². The number of phenolic OH excluding ortho intramolecular Hbond substituents is 1. The molecular formula is C17H19N3O4. The van der Waals surface area contributed by atoms with Crippen molar-refractivity contribution in [2.24, 2.45) is 5.10 Å². The van der Waals surface area contributed by atoms with Crippen LogP contribution >= 0.6 is 0 Å². The molecule has 0 bridgehead atoms. The second-order valence-electron chi connectivity index (χ2n) is 4.75. The Hall–Kier alpha value is -3.22. The first-order valence-corrected chi connectivity index (χ1v) is 7.20. The summed E-state index contributed by atoms with van der Waals surface area (Å²) in [6.45, 7) is 0.0296. The number of benzene rings is 2. The zero-order chi connectivity index (χ0) is 17.4. The number of phenols is 1. The summed E-state index contributed by atoms with van der Waals surface area (Å²) in [6, 6.07) is 12.3. The van der Waals surface area contributed by atoms with Gasteiger partial charge in [0.05, 0.1) is 32.7 Å². The maximum atomic E-state index is 11.8.